The molecule has 0 radical (unpaired) electrons. The molecule has 0 aliphatic heterocycles. The smallest absolute Gasteiger partial charge is 0.160 e. The molecule has 112 valence electrons. The molecule has 1 aliphatic rings. The molecule has 1 heterocycles. The predicted molar refractivity (Wildman–Crippen MR) is 80.3 cm³/mol. The number of ether oxygens (including phenoxy) is 1. The van der Waals surface area contributed by atoms with E-state index in [1.165, 1.54) is 32.1 Å². The summed E-state index contributed by atoms with van der Waals surface area (Å²) in [6.07, 6.45) is 6.28. The average molecular weight is 278 g/mol. The molecule has 2 rings (SSSR count). The fourth-order valence-electron chi connectivity index (χ4n) is 2.96. The Morgan fingerprint density at radius 1 is 1.25 bits per heavy atom. The highest BCUT2D eigenvalue weighted by Gasteiger charge is 2.28. The fraction of sp³-hybridized carbons (Fsp3) is 0.733. The highest BCUT2D eigenvalue weighted by Crippen LogP contribution is 2.36. The van der Waals surface area contributed by atoms with Crippen LogP contribution in [0.4, 0.5) is 5.82 Å². The maximum absolute atomic E-state index is 5.97. The van der Waals surface area contributed by atoms with E-state index in [1.807, 2.05) is 20.8 Å². The largest absolute Gasteiger partial charge is 0.370 e. The molecular weight excluding hydrogens is 252 g/mol. The van der Waals surface area contributed by atoms with Gasteiger partial charge in [0, 0.05) is 17.9 Å². The second-order valence-corrected chi connectivity index (χ2v) is 5.56. The zero-order valence-electron chi connectivity index (χ0n) is 12.8. The van der Waals surface area contributed by atoms with Crippen LogP contribution >= 0.6 is 0 Å². The van der Waals surface area contributed by atoms with Gasteiger partial charge in [-0.3, -0.25) is 0 Å². The molecule has 1 aromatic heterocycles. The van der Waals surface area contributed by atoms with Gasteiger partial charge in [0.1, 0.15) is 11.9 Å². The first-order valence-electron chi connectivity index (χ1n) is 7.60. The zero-order chi connectivity index (χ0) is 14.5. The number of nitrogens with two attached hydrogens (primary N) is 1. The summed E-state index contributed by atoms with van der Waals surface area (Å²) in [6.45, 7) is 6.68. The Labute approximate surface area is 121 Å². The number of nitrogen functional groups attached to an aromatic ring is 1. The Bertz CT molecular complexity index is 444. The van der Waals surface area contributed by atoms with Crippen LogP contribution in [0.2, 0.25) is 0 Å². The summed E-state index contributed by atoms with van der Waals surface area (Å²) in [5, 5.41) is 0. The lowest BCUT2D eigenvalue weighted by molar-refractivity contribution is -0.000214. The van der Waals surface area contributed by atoms with Crippen molar-refractivity contribution < 1.29 is 4.74 Å². The van der Waals surface area contributed by atoms with Crippen LogP contribution in [0.1, 0.15) is 62.2 Å². The van der Waals surface area contributed by atoms with E-state index >= 15 is 0 Å². The molecule has 0 aromatic carbocycles. The van der Waals surface area contributed by atoms with Gasteiger partial charge in [-0.25, -0.2) is 15.8 Å². The average Bonchev–Trinajstić information content (AvgIpc) is 2.48. The van der Waals surface area contributed by atoms with Crippen LogP contribution in [-0.4, -0.2) is 16.6 Å². The van der Waals surface area contributed by atoms with Crippen LogP contribution in [-0.2, 0) is 4.74 Å². The van der Waals surface area contributed by atoms with Crippen molar-refractivity contribution in [1.82, 2.24) is 9.97 Å². The second-order valence-electron chi connectivity index (χ2n) is 5.56. The zero-order valence-corrected chi connectivity index (χ0v) is 12.8. The summed E-state index contributed by atoms with van der Waals surface area (Å²) in [4.78, 5) is 9.22. The number of aromatic nitrogens is 2. The van der Waals surface area contributed by atoms with E-state index in [-0.39, 0.29) is 6.10 Å². The van der Waals surface area contributed by atoms with Gasteiger partial charge in [0.05, 0.1) is 0 Å². The first-order chi connectivity index (χ1) is 9.67. The quantitative estimate of drug-likeness (QED) is 0.639. The lowest BCUT2D eigenvalue weighted by atomic mass is 9.85. The maximum Gasteiger partial charge on any atom is 0.160 e. The van der Waals surface area contributed by atoms with Crippen LogP contribution in [0, 0.1) is 19.8 Å². The van der Waals surface area contributed by atoms with E-state index in [0.717, 1.165) is 17.1 Å². The van der Waals surface area contributed by atoms with Gasteiger partial charge in [-0.05, 0) is 39.5 Å². The molecule has 1 aliphatic carbocycles. The molecule has 0 saturated heterocycles. The van der Waals surface area contributed by atoms with Gasteiger partial charge in [-0.2, -0.15) is 0 Å². The van der Waals surface area contributed by atoms with Crippen LogP contribution in [0.15, 0.2) is 0 Å². The van der Waals surface area contributed by atoms with Crippen LogP contribution in [0.5, 0.6) is 0 Å². The van der Waals surface area contributed by atoms with Crippen molar-refractivity contribution >= 4 is 5.82 Å². The normalized spacial score (nSPS) is 18.0. The van der Waals surface area contributed by atoms with E-state index < -0.39 is 0 Å². The Hall–Kier alpha value is -1.20. The van der Waals surface area contributed by atoms with Crippen molar-refractivity contribution in [1.29, 1.82) is 0 Å². The number of aryl methyl sites for hydroxylation is 1. The molecule has 20 heavy (non-hydrogen) atoms. The standard InChI is InChI=1S/C15H26N4O/c1-4-20-13(12-8-6-5-7-9-12)15-17-11(3)10(2)14(18-15)19-16/h12-13H,4-9,16H2,1-3H3,(H,17,18,19). The van der Waals surface area contributed by atoms with E-state index in [0.29, 0.717) is 18.3 Å². The third kappa shape index (κ3) is 3.27. The van der Waals surface area contributed by atoms with E-state index in [9.17, 15) is 0 Å². The lowest BCUT2D eigenvalue weighted by Crippen LogP contribution is -2.23. The van der Waals surface area contributed by atoms with Gasteiger partial charge in [-0.15, -0.1) is 0 Å². The number of anilines is 1. The van der Waals surface area contributed by atoms with Crippen molar-refractivity contribution in [3.05, 3.63) is 17.1 Å². The topological polar surface area (TPSA) is 73.1 Å². The Morgan fingerprint density at radius 2 is 1.95 bits per heavy atom. The van der Waals surface area contributed by atoms with Crippen molar-refractivity contribution in [3.63, 3.8) is 0 Å². The van der Waals surface area contributed by atoms with E-state index in [1.54, 1.807) is 0 Å². The maximum atomic E-state index is 5.97. The van der Waals surface area contributed by atoms with Crippen LogP contribution in [0.25, 0.3) is 0 Å². The summed E-state index contributed by atoms with van der Waals surface area (Å²) in [5.41, 5.74) is 4.63. The molecule has 1 saturated carbocycles. The fourth-order valence-corrected chi connectivity index (χ4v) is 2.96. The highest BCUT2D eigenvalue weighted by atomic mass is 16.5. The molecule has 1 fully saturated rings. The molecule has 1 aromatic rings. The number of hydrazine groups is 1. The molecule has 1 unspecified atom stereocenters. The molecule has 5 heteroatoms. The SMILES string of the molecule is CCOC(c1nc(C)c(C)c(NN)n1)C1CCCCC1. The van der Waals surface area contributed by atoms with Gasteiger partial charge in [-0.1, -0.05) is 19.3 Å². The first kappa shape index (κ1) is 15.2. The minimum Gasteiger partial charge on any atom is -0.370 e. The third-order valence-electron chi connectivity index (χ3n) is 4.22. The number of rotatable bonds is 5. The predicted octanol–water partition coefficient (Wildman–Crippen LogP) is 3.04. The first-order valence-corrected chi connectivity index (χ1v) is 7.60. The van der Waals surface area contributed by atoms with E-state index in [4.69, 9.17) is 10.6 Å². The molecule has 0 amide bonds. The molecule has 0 bridgehead atoms. The van der Waals surface area contributed by atoms with Crippen molar-refractivity contribution in [2.75, 3.05) is 12.0 Å². The summed E-state index contributed by atoms with van der Waals surface area (Å²) in [6, 6.07) is 0. The Balaban J connectivity index is 2.30. The number of nitrogens with one attached hydrogen (secondary N) is 1. The van der Waals surface area contributed by atoms with Gasteiger partial charge in [0.2, 0.25) is 0 Å². The van der Waals surface area contributed by atoms with E-state index in [2.05, 4.69) is 15.4 Å². The molecular formula is C15H26N4O. The van der Waals surface area contributed by atoms with Gasteiger partial charge < -0.3 is 10.2 Å². The number of hydrogen-bond donors (Lipinski definition) is 2. The van der Waals surface area contributed by atoms with Gasteiger partial charge in [0.25, 0.3) is 0 Å². The summed E-state index contributed by atoms with van der Waals surface area (Å²) >= 11 is 0. The molecule has 0 spiro atoms. The third-order valence-corrected chi connectivity index (χ3v) is 4.22. The Kier molecular flexibility index (Phi) is 5.31. The number of nitrogens with zero attached hydrogens (tertiary/aromatic N) is 2. The molecule has 3 N–H and O–H groups in total. The lowest BCUT2D eigenvalue weighted by Gasteiger charge is -2.29. The summed E-state index contributed by atoms with van der Waals surface area (Å²) in [7, 11) is 0. The van der Waals surface area contributed by atoms with Gasteiger partial charge >= 0.3 is 0 Å². The van der Waals surface area contributed by atoms with Crippen molar-refractivity contribution in [2.45, 2.75) is 59.0 Å². The minimum atomic E-state index is -0.00769. The summed E-state index contributed by atoms with van der Waals surface area (Å²) < 4.78 is 5.97. The van der Waals surface area contributed by atoms with Crippen molar-refractivity contribution in [3.8, 4) is 0 Å². The van der Waals surface area contributed by atoms with Gasteiger partial charge in [0.15, 0.2) is 5.82 Å². The summed E-state index contributed by atoms with van der Waals surface area (Å²) in [5.74, 6) is 7.56. The highest BCUT2D eigenvalue weighted by molar-refractivity contribution is 5.44. The Morgan fingerprint density at radius 3 is 2.55 bits per heavy atom. The monoisotopic (exact) mass is 278 g/mol. The van der Waals surface area contributed by atoms with Crippen LogP contribution in [0.3, 0.4) is 0 Å². The molecule has 1 atom stereocenters. The molecule has 5 nitrogen and oxygen atoms in total. The minimum absolute atomic E-state index is 0.00769. The van der Waals surface area contributed by atoms with Crippen LogP contribution < -0.4 is 11.3 Å². The number of hydrogen-bond acceptors (Lipinski definition) is 5. The second kappa shape index (κ2) is 6.99. The van der Waals surface area contributed by atoms with Crippen molar-refractivity contribution in [2.24, 2.45) is 11.8 Å².